The molecule has 92 valence electrons. The Morgan fingerprint density at radius 3 is 2.76 bits per heavy atom. The molecule has 1 saturated heterocycles. The van der Waals surface area contributed by atoms with Crippen LogP contribution in [0.15, 0.2) is 24.3 Å². The van der Waals surface area contributed by atoms with Gasteiger partial charge in [-0.15, -0.1) is 0 Å². The van der Waals surface area contributed by atoms with E-state index in [2.05, 4.69) is 5.32 Å². The second kappa shape index (κ2) is 5.19. The molecule has 1 heterocycles. The zero-order valence-electron chi connectivity index (χ0n) is 10.1. The van der Waals surface area contributed by atoms with Crippen molar-refractivity contribution in [3.05, 3.63) is 29.8 Å². The maximum Gasteiger partial charge on any atom is 0.321 e. The molecule has 1 atom stereocenters. The summed E-state index contributed by atoms with van der Waals surface area (Å²) >= 11 is 0. The summed E-state index contributed by atoms with van der Waals surface area (Å²) in [6.45, 7) is 4.26. The van der Waals surface area contributed by atoms with E-state index in [0.29, 0.717) is 12.5 Å². The fraction of sp³-hybridized carbons (Fsp3) is 0.462. The molecule has 0 bridgehead atoms. The molecule has 0 saturated carbocycles. The van der Waals surface area contributed by atoms with Gasteiger partial charge in [-0.25, -0.2) is 4.79 Å². The quantitative estimate of drug-likeness (QED) is 0.818. The van der Waals surface area contributed by atoms with Crippen LogP contribution >= 0.6 is 0 Å². The highest BCUT2D eigenvalue weighted by Gasteiger charge is 2.24. The number of hydrogen-bond donors (Lipinski definition) is 2. The number of aryl methyl sites for hydroxylation is 1. The van der Waals surface area contributed by atoms with Gasteiger partial charge in [0.25, 0.3) is 0 Å². The molecule has 1 aliphatic rings. The lowest BCUT2D eigenvalue weighted by atomic mass is 10.1. The molecule has 1 aromatic carbocycles. The Morgan fingerprint density at radius 1 is 1.47 bits per heavy atom. The first kappa shape index (κ1) is 11.9. The van der Waals surface area contributed by atoms with E-state index >= 15 is 0 Å². The summed E-state index contributed by atoms with van der Waals surface area (Å²) in [7, 11) is 0. The molecular weight excluding hydrogens is 214 g/mol. The predicted molar refractivity (Wildman–Crippen MR) is 68.9 cm³/mol. The summed E-state index contributed by atoms with van der Waals surface area (Å²) in [6, 6.07) is 7.79. The Bertz CT molecular complexity index is 388. The van der Waals surface area contributed by atoms with Crippen LogP contribution in [0.3, 0.4) is 0 Å². The van der Waals surface area contributed by atoms with Gasteiger partial charge in [0.2, 0.25) is 0 Å². The van der Waals surface area contributed by atoms with E-state index in [-0.39, 0.29) is 6.03 Å². The average Bonchev–Trinajstić information content (AvgIpc) is 2.81. The van der Waals surface area contributed by atoms with E-state index in [9.17, 15) is 4.79 Å². The Kier molecular flexibility index (Phi) is 3.64. The molecule has 1 fully saturated rings. The van der Waals surface area contributed by atoms with Gasteiger partial charge in [0, 0.05) is 18.8 Å². The number of amides is 2. The predicted octanol–water partition coefficient (Wildman–Crippen LogP) is 1.81. The molecule has 4 heteroatoms. The number of carbonyl (C=O) groups excluding carboxylic acids is 1. The molecule has 1 unspecified atom stereocenters. The number of benzene rings is 1. The third-order valence-electron chi connectivity index (χ3n) is 3.21. The smallest absolute Gasteiger partial charge is 0.321 e. The van der Waals surface area contributed by atoms with Crippen molar-refractivity contribution in [2.75, 3.05) is 25.0 Å². The number of likely N-dealkylation sites (tertiary alicyclic amines) is 1. The number of nitrogens with two attached hydrogens (primary N) is 1. The van der Waals surface area contributed by atoms with Crippen molar-refractivity contribution in [3.63, 3.8) is 0 Å². The summed E-state index contributed by atoms with van der Waals surface area (Å²) < 4.78 is 0. The van der Waals surface area contributed by atoms with Crippen LogP contribution in [0.1, 0.15) is 12.0 Å². The van der Waals surface area contributed by atoms with Gasteiger partial charge in [-0.2, -0.15) is 0 Å². The second-order valence-electron chi connectivity index (χ2n) is 4.63. The largest absolute Gasteiger partial charge is 0.330 e. The van der Waals surface area contributed by atoms with Crippen LogP contribution in [-0.2, 0) is 0 Å². The van der Waals surface area contributed by atoms with Crippen LogP contribution in [0.25, 0.3) is 0 Å². The van der Waals surface area contributed by atoms with Crippen molar-refractivity contribution in [1.82, 2.24) is 4.90 Å². The molecule has 17 heavy (non-hydrogen) atoms. The van der Waals surface area contributed by atoms with Crippen molar-refractivity contribution < 1.29 is 4.79 Å². The van der Waals surface area contributed by atoms with E-state index in [0.717, 1.165) is 25.2 Å². The van der Waals surface area contributed by atoms with Crippen molar-refractivity contribution in [1.29, 1.82) is 0 Å². The first-order chi connectivity index (χ1) is 8.19. The molecule has 1 aromatic rings. The van der Waals surface area contributed by atoms with Gasteiger partial charge in [-0.1, -0.05) is 17.7 Å². The van der Waals surface area contributed by atoms with Crippen LogP contribution in [0.5, 0.6) is 0 Å². The van der Waals surface area contributed by atoms with Crippen molar-refractivity contribution in [2.45, 2.75) is 13.3 Å². The second-order valence-corrected chi connectivity index (χ2v) is 4.63. The Morgan fingerprint density at radius 2 is 2.18 bits per heavy atom. The number of nitrogens with zero attached hydrogens (tertiary/aromatic N) is 1. The van der Waals surface area contributed by atoms with Crippen molar-refractivity contribution >= 4 is 11.7 Å². The highest BCUT2D eigenvalue weighted by molar-refractivity contribution is 5.89. The van der Waals surface area contributed by atoms with Crippen LogP contribution in [0.4, 0.5) is 10.5 Å². The number of urea groups is 1. The van der Waals surface area contributed by atoms with Crippen LogP contribution in [0, 0.1) is 12.8 Å². The third-order valence-corrected chi connectivity index (χ3v) is 3.21. The van der Waals surface area contributed by atoms with Gasteiger partial charge in [-0.05, 0) is 37.9 Å². The van der Waals surface area contributed by atoms with Crippen molar-refractivity contribution in [2.24, 2.45) is 11.7 Å². The molecule has 2 amide bonds. The van der Waals surface area contributed by atoms with Crippen LogP contribution in [-0.4, -0.2) is 30.6 Å². The molecule has 4 nitrogen and oxygen atoms in total. The number of rotatable bonds is 2. The maximum absolute atomic E-state index is 11.9. The molecule has 1 aliphatic heterocycles. The lowest BCUT2D eigenvalue weighted by molar-refractivity contribution is 0.221. The molecule has 0 spiro atoms. The van der Waals surface area contributed by atoms with E-state index in [4.69, 9.17) is 5.73 Å². The van der Waals surface area contributed by atoms with E-state index in [1.807, 2.05) is 36.1 Å². The minimum atomic E-state index is -0.0233. The molecular formula is C13H19N3O. The standard InChI is InChI=1S/C13H19N3O/c1-10-2-4-12(5-3-10)15-13(17)16-7-6-11(8-14)9-16/h2-5,11H,6-9,14H2,1H3,(H,15,17). The monoisotopic (exact) mass is 233 g/mol. The van der Waals surface area contributed by atoms with E-state index in [1.54, 1.807) is 0 Å². The molecule has 0 radical (unpaired) electrons. The van der Waals surface area contributed by atoms with Gasteiger partial charge in [-0.3, -0.25) is 0 Å². The highest BCUT2D eigenvalue weighted by Crippen LogP contribution is 2.16. The zero-order valence-corrected chi connectivity index (χ0v) is 10.1. The number of nitrogens with one attached hydrogen (secondary N) is 1. The SMILES string of the molecule is Cc1ccc(NC(=O)N2CCC(CN)C2)cc1. The minimum absolute atomic E-state index is 0.0233. The fourth-order valence-corrected chi connectivity index (χ4v) is 2.05. The summed E-state index contributed by atoms with van der Waals surface area (Å²) in [5.41, 5.74) is 7.64. The third kappa shape index (κ3) is 2.97. The summed E-state index contributed by atoms with van der Waals surface area (Å²) in [5.74, 6) is 0.457. The van der Waals surface area contributed by atoms with Crippen LogP contribution < -0.4 is 11.1 Å². The number of carbonyl (C=O) groups is 1. The topological polar surface area (TPSA) is 58.4 Å². The molecule has 0 aromatic heterocycles. The van der Waals surface area contributed by atoms with Crippen LogP contribution in [0.2, 0.25) is 0 Å². The van der Waals surface area contributed by atoms with Gasteiger partial charge in [0.05, 0.1) is 0 Å². The first-order valence-electron chi connectivity index (χ1n) is 6.01. The molecule has 3 N–H and O–H groups in total. The van der Waals surface area contributed by atoms with E-state index < -0.39 is 0 Å². The van der Waals surface area contributed by atoms with Gasteiger partial charge in [0.1, 0.15) is 0 Å². The lowest BCUT2D eigenvalue weighted by Gasteiger charge is -2.17. The minimum Gasteiger partial charge on any atom is -0.330 e. The zero-order chi connectivity index (χ0) is 12.3. The van der Waals surface area contributed by atoms with Gasteiger partial charge < -0.3 is 16.0 Å². The normalized spacial score (nSPS) is 19.4. The summed E-state index contributed by atoms with van der Waals surface area (Å²) in [4.78, 5) is 13.8. The number of hydrogen-bond acceptors (Lipinski definition) is 2. The molecule has 0 aliphatic carbocycles. The Hall–Kier alpha value is -1.55. The summed E-state index contributed by atoms with van der Waals surface area (Å²) in [5, 5.41) is 2.90. The Balaban J connectivity index is 1.91. The van der Waals surface area contributed by atoms with Gasteiger partial charge >= 0.3 is 6.03 Å². The average molecular weight is 233 g/mol. The Labute approximate surface area is 102 Å². The van der Waals surface area contributed by atoms with E-state index in [1.165, 1.54) is 5.56 Å². The number of anilines is 1. The van der Waals surface area contributed by atoms with Gasteiger partial charge in [0.15, 0.2) is 0 Å². The first-order valence-corrected chi connectivity index (χ1v) is 6.01. The lowest BCUT2D eigenvalue weighted by Crippen LogP contribution is -2.33. The van der Waals surface area contributed by atoms with Crippen molar-refractivity contribution in [3.8, 4) is 0 Å². The fourth-order valence-electron chi connectivity index (χ4n) is 2.05. The summed E-state index contributed by atoms with van der Waals surface area (Å²) in [6.07, 6.45) is 1.01. The maximum atomic E-state index is 11.9. The molecule has 2 rings (SSSR count). The highest BCUT2D eigenvalue weighted by atomic mass is 16.2.